The van der Waals surface area contributed by atoms with Crippen LogP contribution in [0.25, 0.3) is 0 Å². The van der Waals surface area contributed by atoms with E-state index < -0.39 is 45.6 Å². The molecular formula is C12H26O6Si. The quantitative estimate of drug-likeness (QED) is 0.538. The van der Waals surface area contributed by atoms with Crippen molar-refractivity contribution in [1.82, 2.24) is 0 Å². The highest BCUT2D eigenvalue weighted by Gasteiger charge is 2.48. The van der Waals surface area contributed by atoms with Crippen LogP contribution in [0.2, 0.25) is 18.1 Å². The number of hydrogen-bond donors (Lipinski definition) is 4. The van der Waals surface area contributed by atoms with Crippen molar-refractivity contribution < 1.29 is 29.6 Å². The lowest BCUT2D eigenvalue weighted by Crippen LogP contribution is -2.61. The normalized spacial score (nSPS) is 37.4. The molecule has 19 heavy (non-hydrogen) atoms. The first-order valence-electron chi connectivity index (χ1n) is 6.49. The molecule has 1 fully saturated rings. The predicted octanol–water partition coefficient (Wildman–Crippen LogP) is -0.192. The van der Waals surface area contributed by atoms with Crippen molar-refractivity contribution in [2.24, 2.45) is 0 Å². The van der Waals surface area contributed by atoms with Gasteiger partial charge in [-0.3, -0.25) is 0 Å². The fourth-order valence-electron chi connectivity index (χ4n) is 1.63. The molecule has 0 spiro atoms. The van der Waals surface area contributed by atoms with E-state index in [1.165, 1.54) is 0 Å². The fourth-order valence-corrected chi connectivity index (χ4v) is 2.76. The van der Waals surface area contributed by atoms with Gasteiger partial charge in [-0.15, -0.1) is 0 Å². The van der Waals surface area contributed by atoms with E-state index in [0.29, 0.717) is 0 Å². The minimum Gasteiger partial charge on any atom is -0.394 e. The molecule has 6 nitrogen and oxygen atoms in total. The second-order valence-corrected chi connectivity index (χ2v) is 11.3. The van der Waals surface area contributed by atoms with E-state index >= 15 is 0 Å². The van der Waals surface area contributed by atoms with Gasteiger partial charge in [0.15, 0.2) is 14.6 Å². The Morgan fingerprint density at radius 3 is 2.00 bits per heavy atom. The summed E-state index contributed by atoms with van der Waals surface area (Å²) in [6.07, 6.45) is -6.02. The SMILES string of the molecule is CC(C)(C)[Si](C)(C)OC1O[C@H](CO)[C@@H](O)[C@H](O)[C@@H]1O. The lowest BCUT2D eigenvalue weighted by molar-refractivity contribution is -0.280. The fraction of sp³-hybridized carbons (Fsp3) is 1.00. The van der Waals surface area contributed by atoms with Crippen LogP contribution < -0.4 is 0 Å². The number of hydrogen-bond acceptors (Lipinski definition) is 6. The molecule has 114 valence electrons. The first-order chi connectivity index (χ1) is 8.51. The Morgan fingerprint density at radius 1 is 1.05 bits per heavy atom. The smallest absolute Gasteiger partial charge is 0.195 e. The zero-order valence-corrected chi connectivity index (χ0v) is 13.2. The molecule has 0 bridgehead atoms. The highest BCUT2D eigenvalue weighted by Crippen LogP contribution is 2.38. The first-order valence-corrected chi connectivity index (χ1v) is 9.40. The molecule has 0 aromatic carbocycles. The maximum Gasteiger partial charge on any atom is 0.195 e. The van der Waals surface area contributed by atoms with E-state index in [-0.39, 0.29) is 5.04 Å². The van der Waals surface area contributed by atoms with Crippen LogP contribution in [0.3, 0.4) is 0 Å². The maximum absolute atomic E-state index is 9.93. The molecule has 0 aromatic heterocycles. The van der Waals surface area contributed by atoms with Gasteiger partial charge in [-0.2, -0.15) is 0 Å². The van der Waals surface area contributed by atoms with Crippen molar-refractivity contribution in [3.8, 4) is 0 Å². The molecule has 0 amide bonds. The summed E-state index contributed by atoms with van der Waals surface area (Å²) in [5, 5.41) is 38.4. The molecule has 7 heteroatoms. The average molecular weight is 294 g/mol. The summed E-state index contributed by atoms with van der Waals surface area (Å²) in [7, 11) is -2.19. The molecule has 0 aliphatic carbocycles. The summed E-state index contributed by atoms with van der Waals surface area (Å²) in [4.78, 5) is 0. The van der Waals surface area contributed by atoms with Crippen molar-refractivity contribution in [1.29, 1.82) is 0 Å². The molecule has 0 aromatic rings. The number of rotatable bonds is 3. The standard InChI is InChI=1S/C12H26O6Si/c1-12(2,3)19(4,5)18-11-10(16)9(15)8(14)7(6-13)17-11/h7-11,13-16H,6H2,1-5H3/t7-,8-,9+,10+,11?/m1/s1. The van der Waals surface area contributed by atoms with Crippen LogP contribution in [0, 0.1) is 0 Å². The highest BCUT2D eigenvalue weighted by molar-refractivity contribution is 6.74. The first kappa shape index (κ1) is 17.0. The Morgan fingerprint density at radius 2 is 1.58 bits per heavy atom. The third kappa shape index (κ3) is 3.55. The Balaban J connectivity index is 2.83. The predicted molar refractivity (Wildman–Crippen MR) is 72.0 cm³/mol. The zero-order chi connectivity index (χ0) is 15.0. The Hall–Kier alpha value is -0.0231. The van der Waals surface area contributed by atoms with Crippen LogP contribution >= 0.6 is 0 Å². The van der Waals surface area contributed by atoms with Gasteiger partial charge in [-0.05, 0) is 18.1 Å². The Bertz CT molecular complexity index is 301. The minimum absolute atomic E-state index is 0.0776. The van der Waals surface area contributed by atoms with Gasteiger partial charge in [0.25, 0.3) is 0 Å². The van der Waals surface area contributed by atoms with Crippen LogP contribution in [0.15, 0.2) is 0 Å². The molecule has 4 N–H and O–H groups in total. The molecule has 0 saturated carbocycles. The third-order valence-corrected chi connectivity index (χ3v) is 8.50. The van der Waals surface area contributed by atoms with Gasteiger partial charge < -0.3 is 29.6 Å². The van der Waals surface area contributed by atoms with Crippen molar-refractivity contribution in [3.63, 3.8) is 0 Å². The number of ether oxygens (including phenoxy) is 1. The van der Waals surface area contributed by atoms with E-state index in [1.807, 2.05) is 33.9 Å². The van der Waals surface area contributed by atoms with E-state index in [2.05, 4.69) is 0 Å². The van der Waals surface area contributed by atoms with Crippen molar-refractivity contribution in [2.45, 2.75) is 69.6 Å². The second-order valence-electron chi connectivity index (χ2n) is 6.58. The van der Waals surface area contributed by atoms with Gasteiger partial charge in [-0.25, -0.2) is 0 Å². The molecular weight excluding hydrogens is 268 g/mol. The van der Waals surface area contributed by atoms with Crippen molar-refractivity contribution in [3.05, 3.63) is 0 Å². The van der Waals surface area contributed by atoms with Gasteiger partial charge >= 0.3 is 0 Å². The third-order valence-electron chi connectivity index (χ3n) is 4.07. The molecule has 1 aliphatic heterocycles. The van der Waals surface area contributed by atoms with Gasteiger partial charge in [0.05, 0.1) is 6.61 Å². The number of aliphatic hydroxyl groups is 4. The molecule has 1 saturated heterocycles. The lowest BCUT2D eigenvalue weighted by atomic mass is 10.00. The van der Waals surface area contributed by atoms with E-state index in [4.69, 9.17) is 14.3 Å². The minimum atomic E-state index is -2.19. The second kappa shape index (κ2) is 5.77. The maximum atomic E-state index is 9.93. The summed E-state index contributed by atoms with van der Waals surface area (Å²) < 4.78 is 11.3. The molecule has 1 unspecified atom stereocenters. The van der Waals surface area contributed by atoms with Crippen LogP contribution in [0.1, 0.15) is 20.8 Å². The topological polar surface area (TPSA) is 99.4 Å². The Labute approximate surface area is 115 Å². The number of aliphatic hydroxyl groups excluding tert-OH is 4. The van der Waals surface area contributed by atoms with E-state index in [9.17, 15) is 15.3 Å². The van der Waals surface area contributed by atoms with Crippen LogP contribution in [-0.2, 0) is 9.16 Å². The Kier molecular flexibility index (Phi) is 5.17. The summed E-state index contributed by atoms with van der Waals surface area (Å²) in [6, 6.07) is 0. The average Bonchev–Trinajstić information content (AvgIpc) is 2.28. The zero-order valence-electron chi connectivity index (χ0n) is 12.2. The van der Waals surface area contributed by atoms with Crippen molar-refractivity contribution >= 4 is 8.32 Å². The summed E-state index contributed by atoms with van der Waals surface area (Å²) in [6.45, 7) is 9.68. The molecule has 1 rings (SSSR count). The summed E-state index contributed by atoms with van der Waals surface area (Å²) in [5.41, 5.74) is 0. The van der Waals surface area contributed by atoms with Crippen LogP contribution in [0.5, 0.6) is 0 Å². The van der Waals surface area contributed by atoms with E-state index in [1.54, 1.807) is 0 Å². The largest absolute Gasteiger partial charge is 0.394 e. The van der Waals surface area contributed by atoms with Gasteiger partial charge in [-0.1, -0.05) is 20.8 Å². The van der Waals surface area contributed by atoms with Crippen LogP contribution in [0.4, 0.5) is 0 Å². The van der Waals surface area contributed by atoms with Gasteiger partial charge in [0.1, 0.15) is 24.4 Å². The molecule has 1 heterocycles. The molecule has 0 radical (unpaired) electrons. The van der Waals surface area contributed by atoms with E-state index in [0.717, 1.165) is 0 Å². The monoisotopic (exact) mass is 294 g/mol. The van der Waals surface area contributed by atoms with Crippen molar-refractivity contribution in [2.75, 3.05) is 6.61 Å². The lowest BCUT2D eigenvalue weighted by Gasteiger charge is -2.45. The molecule has 1 aliphatic rings. The molecule has 5 atom stereocenters. The van der Waals surface area contributed by atoms with Gasteiger partial charge in [0, 0.05) is 0 Å². The summed E-state index contributed by atoms with van der Waals surface area (Å²) >= 11 is 0. The summed E-state index contributed by atoms with van der Waals surface area (Å²) in [5.74, 6) is 0. The van der Waals surface area contributed by atoms with Gasteiger partial charge in [0.2, 0.25) is 0 Å². The van der Waals surface area contributed by atoms with Crippen LogP contribution in [-0.4, -0.2) is 66.1 Å². The highest BCUT2D eigenvalue weighted by atomic mass is 28.4.